The van der Waals surface area contributed by atoms with E-state index in [0.29, 0.717) is 12.6 Å². The van der Waals surface area contributed by atoms with Crippen molar-refractivity contribution in [3.05, 3.63) is 34.3 Å². The zero-order valence-electron chi connectivity index (χ0n) is 10.8. The summed E-state index contributed by atoms with van der Waals surface area (Å²) in [6, 6.07) is 8.65. The summed E-state index contributed by atoms with van der Waals surface area (Å²) in [6.07, 6.45) is 3.79. The van der Waals surface area contributed by atoms with E-state index in [1.54, 1.807) is 0 Å². The van der Waals surface area contributed by atoms with Crippen LogP contribution in [0.5, 0.6) is 0 Å². The molecule has 1 unspecified atom stereocenters. The minimum absolute atomic E-state index is 0.308. The number of benzene rings is 1. The van der Waals surface area contributed by atoms with Crippen LogP contribution < -0.4 is 5.73 Å². The smallest absolute Gasteiger partial charge is 0.0478 e. The van der Waals surface area contributed by atoms with Gasteiger partial charge in [0.15, 0.2) is 0 Å². The van der Waals surface area contributed by atoms with Crippen LogP contribution in [0.3, 0.4) is 0 Å². The highest BCUT2D eigenvalue weighted by Crippen LogP contribution is 2.26. The van der Waals surface area contributed by atoms with Crippen LogP contribution in [-0.4, -0.2) is 25.0 Å². The second-order valence-corrected chi connectivity index (χ2v) is 5.32. The second kappa shape index (κ2) is 7.85. The normalized spacial score (nSPS) is 13.0. The third kappa shape index (κ3) is 4.41. The van der Waals surface area contributed by atoms with Crippen LogP contribution in [-0.2, 0) is 0 Å². The SMILES string of the molecule is CCCCCN(C)C(CN)c1ccccc1Br. The van der Waals surface area contributed by atoms with Crippen LogP contribution in [0.15, 0.2) is 28.7 Å². The summed E-state index contributed by atoms with van der Waals surface area (Å²) in [5.41, 5.74) is 7.20. The fraction of sp³-hybridized carbons (Fsp3) is 0.571. The highest BCUT2D eigenvalue weighted by Gasteiger charge is 2.16. The van der Waals surface area contributed by atoms with Crippen molar-refractivity contribution < 1.29 is 0 Å². The Labute approximate surface area is 113 Å². The molecule has 1 aromatic rings. The zero-order chi connectivity index (χ0) is 12.7. The van der Waals surface area contributed by atoms with Crippen LogP contribution in [0.2, 0.25) is 0 Å². The van der Waals surface area contributed by atoms with Crippen molar-refractivity contribution in [1.29, 1.82) is 0 Å². The van der Waals surface area contributed by atoms with Crippen LogP contribution in [0.4, 0.5) is 0 Å². The molecule has 0 fully saturated rings. The van der Waals surface area contributed by atoms with E-state index in [1.807, 2.05) is 6.07 Å². The van der Waals surface area contributed by atoms with E-state index in [9.17, 15) is 0 Å². The highest BCUT2D eigenvalue weighted by molar-refractivity contribution is 9.10. The van der Waals surface area contributed by atoms with Crippen molar-refractivity contribution in [2.45, 2.75) is 32.2 Å². The number of nitrogens with zero attached hydrogens (tertiary/aromatic N) is 1. The first-order valence-electron chi connectivity index (χ1n) is 6.35. The lowest BCUT2D eigenvalue weighted by molar-refractivity contribution is 0.244. The molecule has 2 N–H and O–H groups in total. The van der Waals surface area contributed by atoms with E-state index in [0.717, 1.165) is 11.0 Å². The molecule has 0 aromatic heterocycles. The van der Waals surface area contributed by atoms with Gasteiger partial charge in [0.1, 0.15) is 0 Å². The van der Waals surface area contributed by atoms with E-state index < -0.39 is 0 Å². The van der Waals surface area contributed by atoms with E-state index in [2.05, 4.69) is 53.0 Å². The second-order valence-electron chi connectivity index (χ2n) is 4.46. The average Bonchev–Trinajstić information content (AvgIpc) is 2.33. The average molecular weight is 299 g/mol. The van der Waals surface area contributed by atoms with Crippen molar-refractivity contribution in [2.75, 3.05) is 20.1 Å². The van der Waals surface area contributed by atoms with Gasteiger partial charge in [-0.05, 0) is 31.6 Å². The monoisotopic (exact) mass is 298 g/mol. The van der Waals surface area contributed by atoms with Crippen molar-refractivity contribution in [1.82, 2.24) is 4.90 Å². The van der Waals surface area contributed by atoms with Gasteiger partial charge in [-0.15, -0.1) is 0 Å². The van der Waals surface area contributed by atoms with Crippen molar-refractivity contribution >= 4 is 15.9 Å². The molecule has 2 nitrogen and oxygen atoms in total. The van der Waals surface area contributed by atoms with Crippen LogP contribution in [0.25, 0.3) is 0 Å². The Balaban J connectivity index is 2.67. The number of hydrogen-bond acceptors (Lipinski definition) is 2. The Morgan fingerprint density at radius 3 is 2.59 bits per heavy atom. The minimum atomic E-state index is 0.308. The van der Waals surface area contributed by atoms with Gasteiger partial charge in [0.25, 0.3) is 0 Å². The van der Waals surface area contributed by atoms with Crippen molar-refractivity contribution in [3.63, 3.8) is 0 Å². The summed E-state index contributed by atoms with van der Waals surface area (Å²) >= 11 is 3.61. The Kier molecular flexibility index (Phi) is 6.78. The molecule has 1 aromatic carbocycles. The predicted molar refractivity (Wildman–Crippen MR) is 78.1 cm³/mol. The van der Waals surface area contributed by atoms with Gasteiger partial charge in [-0.25, -0.2) is 0 Å². The predicted octanol–water partition coefficient (Wildman–Crippen LogP) is 3.57. The largest absolute Gasteiger partial charge is 0.329 e. The topological polar surface area (TPSA) is 29.3 Å². The highest BCUT2D eigenvalue weighted by atomic mass is 79.9. The molecule has 0 aliphatic carbocycles. The summed E-state index contributed by atoms with van der Waals surface area (Å²) in [6.45, 7) is 4.00. The lowest BCUT2D eigenvalue weighted by atomic mass is 10.1. The van der Waals surface area contributed by atoms with Gasteiger partial charge in [-0.3, -0.25) is 4.90 Å². The molecule has 0 saturated carbocycles. The maximum absolute atomic E-state index is 5.92. The number of hydrogen-bond donors (Lipinski definition) is 1. The molecule has 0 aliphatic heterocycles. The molecule has 0 heterocycles. The van der Waals surface area contributed by atoms with Gasteiger partial charge in [-0.2, -0.15) is 0 Å². The summed E-state index contributed by atoms with van der Waals surface area (Å²) in [7, 11) is 2.16. The standard InChI is InChI=1S/C14H23BrN2/c1-3-4-7-10-17(2)14(11-16)12-8-5-6-9-13(12)15/h5-6,8-9,14H,3-4,7,10-11,16H2,1-2H3. The summed E-state index contributed by atoms with van der Waals surface area (Å²) < 4.78 is 1.15. The first-order chi connectivity index (χ1) is 8.20. The van der Waals surface area contributed by atoms with Crippen molar-refractivity contribution in [2.24, 2.45) is 5.73 Å². The van der Waals surface area contributed by atoms with E-state index >= 15 is 0 Å². The Morgan fingerprint density at radius 1 is 1.29 bits per heavy atom. The summed E-state index contributed by atoms with van der Waals surface area (Å²) in [5, 5.41) is 0. The number of likely N-dealkylation sites (N-methyl/N-ethyl adjacent to an activating group) is 1. The van der Waals surface area contributed by atoms with E-state index in [4.69, 9.17) is 5.73 Å². The fourth-order valence-electron chi connectivity index (χ4n) is 2.06. The number of unbranched alkanes of at least 4 members (excludes halogenated alkanes) is 2. The number of rotatable bonds is 7. The molecule has 0 radical (unpaired) electrons. The van der Waals surface area contributed by atoms with Gasteiger partial charge < -0.3 is 5.73 Å². The van der Waals surface area contributed by atoms with Gasteiger partial charge in [0, 0.05) is 17.1 Å². The molecule has 1 atom stereocenters. The fourth-order valence-corrected chi connectivity index (χ4v) is 2.61. The molecule has 0 bridgehead atoms. The third-order valence-electron chi connectivity index (χ3n) is 3.13. The Morgan fingerprint density at radius 2 is 2.00 bits per heavy atom. The quantitative estimate of drug-likeness (QED) is 0.780. The maximum atomic E-state index is 5.92. The van der Waals surface area contributed by atoms with Gasteiger partial charge >= 0.3 is 0 Å². The Hall–Kier alpha value is -0.380. The lowest BCUT2D eigenvalue weighted by Crippen LogP contribution is -2.31. The molecule has 0 amide bonds. The van der Waals surface area contributed by atoms with Gasteiger partial charge in [-0.1, -0.05) is 53.9 Å². The van der Waals surface area contributed by atoms with Crippen LogP contribution in [0, 0.1) is 0 Å². The molecule has 1 rings (SSSR count). The van der Waals surface area contributed by atoms with E-state index in [-0.39, 0.29) is 0 Å². The number of nitrogens with two attached hydrogens (primary N) is 1. The van der Waals surface area contributed by atoms with Gasteiger partial charge in [0.2, 0.25) is 0 Å². The molecule has 0 aliphatic rings. The van der Waals surface area contributed by atoms with Gasteiger partial charge in [0.05, 0.1) is 0 Å². The van der Waals surface area contributed by atoms with E-state index in [1.165, 1.54) is 24.8 Å². The first-order valence-corrected chi connectivity index (χ1v) is 7.14. The minimum Gasteiger partial charge on any atom is -0.329 e. The molecule has 0 saturated heterocycles. The third-order valence-corrected chi connectivity index (χ3v) is 3.86. The number of halogens is 1. The summed E-state index contributed by atoms with van der Waals surface area (Å²) in [5.74, 6) is 0. The molecule has 3 heteroatoms. The maximum Gasteiger partial charge on any atom is 0.0478 e. The molecular weight excluding hydrogens is 276 g/mol. The van der Waals surface area contributed by atoms with Crippen LogP contribution >= 0.6 is 15.9 Å². The zero-order valence-corrected chi connectivity index (χ0v) is 12.4. The molecule has 17 heavy (non-hydrogen) atoms. The molecular formula is C14H23BrN2. The molecule has 0 spiro atoms. The van der Waals surface area contributed by atoms with Crippen LogP contribution in [0.1, 0.15) is 37.8 Å². The summed E-state index contributed by atoms with van der Waals surface area (Å²) in [4.78, 5) is 2.36. The Bertz CT molecular complexity index is 328. The molecule has 96 valence electrons. The first kappa shape index (κ1) is 14.7. The van der Waals surface area contributed by atoms with Crippen molar-refractivity contribution in [3.8, 4) is 0 Å². The lowest BCUT2D eigenvalue weighted by Gasteiger charge is -2.28.